The van der Waals surface area contributed by atoms with E-state index >= 15 is 0 Å². The van der Waals surface area contributed by atoms with Crippen LogP contribution in [0.1, 0.15) is 12.5 Å². The Morgan fingerprint density at radius 3 is 1.90 bits per heavy atom. The summed E-state index contributed by atoms with van der Waals surface area (Å²) in [7, 11) is -2.79. The van der Waals surface area contributed by atoms with Crippen LogP contribution < -0.4 is 10.6 Å². The largest absolute Gasteiger partial charge is 0.416 e. The molecule has 0 heterocycles. The molecule has 7 nitrogen and oxygen atoms in total. The topological polar surface area (TPSA) is 95.6 Å². The van der Waals surface area contributed by atoms with Crippen molar-refractivity contribution < 1.29 is 31.2 Å². The minimum atomic E-state index is -4.49. The smallest absolute Gasteiger partial charge is 0.326 e. The van der Waals surface area contributed by atoms with Crippen LogP contribution in [0.4, 0.5) is 24.5 Å². The maximum Gasteiger partial charge on any atom is 0.416 e. The third-order valence-electron chi connectivity index (χ3n) is 3.75. The van der Waals surface area contributed by atoms with Crippen LogP contribution in [0.3, 0.4) is 0 Å². The first-order valence-corrected chi connectivity index (χ1v) is 9.65. The van der Waals surface area contributed by atoms with E-state index in [1.54, 1.807) is 0 Å². The molecule has 11 heteroatoms. The quantitative estimate of drug-likeness (QED) is 0.738. The lowest BCUT2D eigenvalue weighted by molar-refractivity contribution is -0.137. The van der Waals surface area contributed by atoms with E-state index in [1.165, 1.54) is 38.2 Å². The summed E-state index contributed by atoms with van der Waals surface area (Å²) < 4.78 is 63.5. The average Bonchev–Trinajstić information content (AvgIpc) is 2.61. The number of benzene rings is 2. The highest BCUT2D eigenvalue weighted by Gasteiger charge is 2.30. The van der Waals surface area contributed by atoms with E-state index in [0.29, 0.717) is 5.69 Å². The summed E-state index contributed by atoms with van der Waals surface area (Å²) in [6, 6.07) is 9.16. The molecule has 2 amide bonds. The van der Waals surface area contributed by atoms with Gasteiger partial charge in [0.05, 0.1) is 17.0 Å². The van der Waals surface area contributed by atoms with E-state index < -0.39 is 34.2 Å². The molecule has 0 unspecified atom stereocenters. The highest BCUT2D eigenvalue weighted by molar-refractivity contribution is 7.89. The standard InChI is InChI=1S/C18H18F3N3O4S/c1-12(25)22-14-7-9-16(10-8-14)29(27,28)24(2)11-17(26)23-15-5-3-13(4-6-15)18(19,20)21/h3-10H,11H2,1-2H3,(H,22,25)(H,23,26). The van der Waals surface area contributed by atoms with Gasteiger partial charge in [-0.3, -0.25) is 9.59 Å². The van der Waals surface area contributed by atoms with Crippen molar-refractivity contribution in [2.75, 3.05) is 24.2 Å². The van der Waals surface area contributed by atoms with Crippen LogP contribution in [0.5, 0.6) is 0 Å². The highest BCUT2D eigenvalue weighted by atomic mass is 32.2. The molecule has 0 aliphatic rings. The fraction of sp³-hybridized carbons (Fsp3) is 0.222. The molecule has 0 saturated carbocycles. The molecule has 29 heavy (non-hydrogen) atoms. The maximum atomic E-state index is 12.6. The Labute approximate surface area is 165 Å². The van der Waals surface area contributed by atoms with Crippen molar-refractivity contribution in [3.8, 4) is 0 Å². The number of hydrogen-bond donors (Lipinski definition) is 2. The monoisotopic (exact) mass is 429 g/mol. The van der Waals surface area contributed by atoms with E-state index in [2.05, 4.69) is 10.6 Å². The van der Waals surface area contributed by atoms with Gasteiger partial charge in [-0.25, -0.2) is 8.42 Å². The van der Waals surface area contributed by atoms with Gasteiger partial charge in [0.2, 0.25) is 21.8 Å². The molecule has 2 aromatic carbocycles. The SMILES string of the molecule is CC(=O)Nc1ccc(S(=O)(=O)N(C)CC(=O)Nc2ccc(C(F)(F)F)cc2)cc1. The van der Waals surface area contributed by atoms with Crippen molar-refractivity contribution in [2.24, 2.45) is 0 Å². The first kappa shape index (κ1) is 22.4. The van der Waals surface area contributed by atoms with Crippen LogP contribution in [0.15, 0.2) is 53.4 Å². The number of anilines is 2. The van der Waals surface area contributed by atoms with Gasteiger partial charge in [-0.1, -0.05) is 0 Å². The van der Waals surface area contributed by atoms with Crippen molar-refractivity contribution >= 4 is 33.2 Å². The number of sulfonamides is 1. The Morgan fingerprint density at radius 1 is 0.931 bits per heavy atom. The molecule has 0 aliphatic carbocycles. The fourth-order valence-corrected chi connectivity index (χ4v) is 3.45. The third-order valence-corrected chi connectivity index (χ3v) is 5.56. The van der Waals surface area contributed by atoms with Gasteiger partial charge in [0.1, 0.15) is 0 Å². The number of carbonyl (C=O) groups is 2. The maximum absolute atomic E-state index is 12.6. The van der Waals surface area contributed by atoms with E-state index in [1.807, 2.05) is 0 Å². The molecule has 0 fully saturated rings. The zero-order chi connectivity index (χ0) is 21.8. The van der Waals surface area contributed by atoms with Crippen LogP contribution in [-0.2, 0) is 25.8 Å². The molecule has 0 spiro atoms. The van der Waals surface area contributed by atoms with E-state index in [9.17, 15) is 31.2 Å². The van der Waals surface area contributed by atoms with Crippen LogP contribution in [0.2, 0.25) is 0 Å². The van der Waals surface area contributed by atoms with Crippen LogP contribution in [0.25, 0.3) is 0 Å². The molecule has 0 aliphatic heterocycles. The van der Waals surface area contributed by atoms with Crippen molar-refractivity contribution in [3.05, 3.63) is 54.1 Å². The predicted octanol–water partition coefficient (Wildman–Crippen LogP) is 2.92. The molecule has 0 atom stereocenters. The van der Waals surface area contributed by atoms with Gasteiger partial charge in [-0.2, -0.15) is 17.5 Å². The summed E-state index contributed by atoms with van der Waals surface area (Å²) >= 11 is 0. The van der Waals surface area contributed by atoms with Crippen LogP contribution in [0, 0.1) is 0 Å². The summed E-state index contributed by atoms with van der Waals surface area (Å²) in [6.07, 6.45) is -4.49. The summed E-state index contributed by atoms with van der Waals surface area (Å²) in [5, 5.41) is 4.85. The van der Waals surface area contributed by atoms with Crippen molar-refractivity contribution in [3.63, 3.8) is 0 Å². The lowest BCUT2D eigenvalue weighted by atomic mass is 10.2. The number of carbonyl (C=O) groups excluding carboxylic acids is 2. The van der Waals surface area contributed by atoms with Gasteiger partial charge >= 0.3 is 6.18 Å². The molecule has 0 radical (unpaired) electrons. The Balaban J connectivity index is 2.03. The van der Waals surface area contributed by atoms with E-state index in [4.69, 9.17) is 0 Å². The summed E-state index contributed by atoms with van der Waals surface area (Å²) in [5.41, 5.74) is -0.342. The second kappa shape index (κ2) is 8.62. The average molecular weight is 429 g/mol. The van der Waals surface area contributed by atoms with Gasteiger partial charge in [-0.05, 0) is 48.5 Å². The van der Waals surface area contributed by atoms with Gasteiger partial charge in [0.15, 0.2) is 0 Å². The zero-order valence-electron chi connectivity index (χ0n) is 15.4. The molecule has 0 bridgehead atoms. The minimum absolute atomic E-state index is 0.0866. The molecule has 0 aromatic heterocycles. The van der Waals surface area contributed by atoms with Gasteiger partial charge in [0.25, 0.3) is 0 Å². The molecule has 0 saturated heterocycles. The second-order valence-corrected chi connectivity index (χ2v) is 8.13. The normalized spacial score (nSPS) is 11.9. The van der Waals surface area contributed by atoms with Crippen molar-refractivity contribution in [1.82, 2.24) is 4.31 Å². The zero-order valence-corrected chi connectivity index (χ0v) is 16.3. The molecule has 2 rings (SSSR count). The number of rotatable bonds is 6. The van der Waals surface area contributed by atoms with Crippen molar-refractivity contribution in [2.45, 2.75) is 18.0 Å². The van der Waals surface area contributed by atoms with E-state index in [-0.39, 0.29) is 16.5 Å². The minimum Gasteiger partial charge on any atom is -0.326 e. The Hall–Kier alpha value is -2.92. The summed E-state index contributed by atoms with van der Waals surface area (Å²) in [6.45, 7) is 0.768. The lowest BCUT2D eigenvalue weighted by Gasteiger charge is -2.17. The second-order valence-electron chi connectivity index (χ2n) is 6.09. The molecular weight excluding hydrogens is 411 g/mol. The number of amides is 2. The lowest BCUT2D eigenvalue weighted by Crippen LogP contribution is -2.35. The molecular formula is C18H18F3N3O4S. The van der Waals surface area contributed by atoms with Crippen LogP contribution >= 0.6 is 0 Å². The number of likely N-dealkylation sites (N-methyl/N-ethyl adjacent to an activating group) is 1. The van der Waals surface area contributed by atoms with Gasteiger partial charge in [0, 0.05) is 25.3 Å². The first-order chi connectivity index (χ1) is 13.4. The molecule has 156 valence electrons. The number of nitrogens with zero attached hydrogens (tertiary/aromatic N) is 1. The summed E-state index contributed by atoms with van der Waals surface area (Å²) in [5.74, 6) is -1.02. The summed E-state index contributed by atoms with van der Waals surface area (Å²) in [4.78, 5) is 23.0. The number of hydrogen-bond acceptors (Lipinski definition) is 4. The first-order valence-electron chi connectivity index (χ1n) is 8.20. The van der Waals surface area contributed by atoms with Crippen LogP contribution in [-0.4, -0.2) is 38.1 Å². The predicted molar refractivity (Wildman–Crippen MR) is 101 cm³/mol. The highest BCUT2D eigenvalue weighted by Crippen LogP contribution is 2.29. The Bertz CT molecular complexity index is 989. The fourth-order valence-electron chi connectivity index (χ4n) is 2.32. The number of halogens is 3. The van der Waals surface area contributed by atoms with Crippen molar-refractivity contribution in [1.29, 1.82) is 0 Å². The Kier molecular flexibility index (Phi) is 6.65. The number of alkyl halides is 3. The van der Waals surface area contributed by atoms with E-state index in [0.717, 1.165) is 28.6 Å². The Morgan fingerprint density at radius 2 is 1.41 bits per heavy atom. The molecule has 2 aromatic rings. The van der Waals surface area contributed by atoms with Gasteiger partial charge in [-0.15, -0.1) is 0 Å². The molecule has 2 N–H and O–H groups in total. The third kappa shape index (κ3) is 6.03. The van der Waals surface area contributed by atoms with Gasteiger partial charge < -0.3 is 10.6 Å². The number of nitrogens with one attached hydrogen (secondary N) is 2.